The molecule has 5 heteroatoms. The molecule has 0 amide bonds. The number of carbonyl (C=O) groups is 2. The lowest BCUT2D eigenvalue weighted by Gasteiger charge is -2.25. The summed E-state index contributed by atoms with van der Waals surface area (Å²) in [5.74, 6) is -0.103. The van der Waals surface area contributed by atoms with E-state index in [1.54, 1.807) is 11.8 Å². The molecule has 1 heterocycles. The van der Waals surface area contributed by atoms with Gasteiger partial charge < -0.3 is 9.47 Å². The largest absolute Gasteiger partial charge is 0.448 e. The molecule has 4 nitrogen and oxygen atoms in total. The quantitative estimate of drug-likeness (QED) is 0.630. The lowest BCUT2D eigenvalue weighted by atomic mass is 10.2. The Morgan fingerprint density at radius 2 is 2.00 bits per heavy atom. The highest BCUT2D eigenvalue weighted by molar-refractivity contribution is 7.98. The molecular weight excluding hydrogens is 192 g/mol. The van der Waals surface area contributed by atoms with Gasteiger partial charge in [0.05, 0.1) is 0 Å². The van der Waals surface area contributed by atoms with E-state index in [1.165, 1.54) is 6.92 Å². The van der Waals surface area contributed by atoms with Crippen molar-refractivity contribution in [3.05, 3.63) is 0 Å². The van der Waals surface area contributed by atoms with Crippen molar-refractivity contribution in [1.82, 2.24) is 0 Å². The standard InChI is InChI=1S/C8H12O4S/c1-5-7(9)12-6(3-4-13-2)8(10)11-5/h5-6H,3-4H2,1-2H3/t5-,6-/m1/s1. The van der Waals surface area contributed by atoms with Crippen LogP contribution in [0.1, 0.15) is 13.3 Å². The van der Waals surface area contributed by atoms with Gasteiger partial charge in [-0.25, -0.2) is 9.59 Å². The van der Waals surface area contributed by atoms with Crippen LogP contribution in [-0.2, 0) is 19.1 Å². The SMILES string of the molecule is CSCC[C@H]1OC(=O)[C@@H](C)OC1=O. The van der Waals surface area contributed by atoms with Gasteiger partial charge in [-0.1, -0.05) is 0 Å². The fraction of sp³-hybridized carbons (Fsp3) is 0.750. The Morgan fingerprint density at radius 3 is 2.62 bits per heavy atom. The first-order valence-corrected chi connectivity index (χ1v) is 5.44. The van der Waals surface area contributed by atoms with E-state index in [1.807, 2.05) is 6.26 Å². The Labute approximate surface area is 81.0 Å². The van der Waals surface area contributed by atoms with Gasteiger partial charge in [0.15, 0.2) is 12.2 Å². The Balaban J connectivity index is 2.46. The molecule has 0 saturated carbocycles. The van der Waals surface area contributed by atoms with E-state index >= 15 is 0 Å². The van der Waals surface area contributed by atoms with Gasteiger partial charge >= 0.3 is 11.9 Å². The number of rotatable bonds is 3. The van der Waals surface area contributed by atoms with Crippen LogP contribution < -0.4 is 0 Å². The minimum atomic E-state index is -0.752. The van der Waals surface area contributed by atoms with Crippen LogP contribution in [-0.4, -0.2) is 36.2 Å². The molecule has 74 valence electrons. The van der Waals surface area contributed by atoms with Crippen LogP contribution in [0.15, 0.2) is 0 Å². The van der Waals surface area contributed by atoms with Crippen molar-refractivity contribution in [1.29, 1.82) is 0 Å². The molecule has 0 aromatic rings. The Morgan fingerprint density at radius 1 is 1.31 bits per heavy atom. The van der Waals surface area contributed by atoms with Crippen molar-refractivity contribution in [2.75, 3.05) is 12.0 Å². The molecule has 2 atom stereocenters. The van der Waals surface area contributed by atoms with Crippen molar-refractivity contribution in [2.45, 2.75) is 25.6 Å². The third-order valence-electron chi connectivity index (χ3n) is 1.73. The number of hydrogen-bond acceptors (Lipinski definition) is 5. The van der Waals surface area contributed by atoms with Crippen LogP contribution in [0.25, 0.3) is 0 Å². The predicted octanol–water partition coefficient (Wildman–Crippen LogP) is 0.597. The maximum atomic E-state index is 11.1. The fourth-order valence-electron chi connectivity index (χ4n) is 0.984. The number of hydrogen-bond donors (Lipinski definition) is 0. The second kappa shape index (κ2) is 4.50. The highest BCUT2D eigenvalue weighted by Gasteiger charge is 2.34. The number of thioether (sulfide) groups is 1. The van der Waals surface area contributed by atoms with E-state index in [0.29, 0.717) is 6.42 Å². The molecule has 1 rings (SSSR count). The normalized spacial score (nSPS) is 28.2. The van der Waals surface area contributed by atoms with E-state index in [4.69, 9.17) is 9.47 Å². The smallest absolute Gasteiger partial charge is 0.348 e. The van der Waals surface area contributed by atoms with E-state index in [0.717, 1.165) is 5.75 Å². The zero-order valence-electron chi connectivity index (χ0n) is 7.61. The average molecular weight is 204 g/mol. The zero-order valence-corrected chi connectivity index (χ0v) is 8.43. The molecule has 0 radical (unpaired) electrons. The highest BCUT2D eigenvalue weighted by Crippen LogP contribution is 2.14. The topological polar surface area (TPSA) is 52.6 Å². The summed E-state index contributed by atoms with van der Waals surface area (Å²) >= 11 is 1.60. The lowest BCUT2D eigenvalue weighted by molar-refractivity contribution is -0.193. The Kier molecular flexibility index (Phi) is 3.59. The number of cyclic esters (lactones) is 2. The summed E-state index contributed by atoms with van der Waals surface area (Å²) in [6, 6.07) is 0. The van der Waals surface area contributed by atoms with Gasteiger partial charge in [0.25, 0.3) is 0 Å². The Hall–Kier alpha value is -0.710. The van der Waals surface area contributed by atoms with E-state index < -0.39 is 24.1 Å². The van der Waals surface area contributed by atoms with Gasteiger partial charge in [-0.15, -0.1) is 0 Å². The molecule has 0 N–H and O–H groups in total. The van der Waals surface area contributed by atoms with E-state index in [9.17, 15) is 9.59 Å². The summed E-state index contributed by atoms with van der Waals surface area (Å²) in [5, 5.41) is 0. The monoisotopic (exact) mass is 204 g/mol. The highest BCUT2D eigenvalue weighted by atomic mass is 32.2. The van der Waals surface area contributed by atoms with Gasteiger partial charge in [0.1, 0.15) is 0 Å². The summed E-state index contributed by atoms with van der Waals surface area (Å²) in [6.07, 6.45) is 1.01. The van der Waals surface area contributed by atoms with Crippen LogP contribution in [0.4, 0.5) is 0 Å². The average Bonchev–Trinajstić information content (AvgIpc) is 2.09. The van der Waals surface area contributed by atoms with Crippen molar-refractivity contribution >= 4 is 23.7 Å². The van der Waals surface area contributed by atoms with E-state index in [-0.39, 0.29) is 0 Å². The maximum Gasteiger partial charge on any atom is 0.348 e. The molecule has 0 unspecified atom stereocenters. The maximum absolute atomic E-state index is 11.1. The minimum Gasteiger partial charge on any atom is -0.448 e. The molecule has 13 heavy (non-hydrogen) atoms. The third kappa shape index (κ3) is 2.62. The second-order valence-corrected chi connectivity index (χ2v) is 3.77. The van der Waals surface area contributed by atoms with Crippen LogP contribution in [0.5, 0.6) is 0 Å². The second-order valence-electron chi connectivity index (χ2n) is 2.79. The summed E-state index contributed by atoms with van der Waals surface area (Å²) in [4.78, 5) is 22.2. The van der Waals surface area contributed by atoms with Gasteiger partial charge in [0.2, 0.25) is 0 Å². The summed E-state index contributed by atoms with van der Waals surface area (Å²) in [5.41, 5.74) is 0. The summed E-state index contributed by atoms with van der Waals surface area (Å²) in [6.45, 7) is 1.50. The third-order valence-corrected chi connectivity index (χ3v) is 2.37. The first-order chi connectivity index (χ1) is 6.15. The van der Waals surface area contributed by atoms with Crippen molar-refractivity contribution in [3.63, 3.8) is 0 Å². The number of esters is 2. The Bertz CT molecular complexity index is 216. The molecule has 1 aliphatic heterocycles. The van der Waals surface area contributed by atoms with E-state index in [2.05, 4.69) is 0 Å². The molecule has 0 aliphatic carbocycles. The van der Waals surface area contributed by atoms with Gasteiger partial charge in [0, 0.05) is 6.42 Å². The molecule has 1 fully saturated rings. The van der Waals surface area contributed by atoms with Crippen LogP contribution in [0, 0.1) is 0 Å². The zero-order chi connectivity index (χ0) is 9.84. The minimum absolute atomic E-state index is 0.429. The lowest BCUT2D eigenvalue weighted by Crippen LogP contribution is -2.42. The van der Waals surface area contributed by atoms with Crippen molar-refractivity contribution in [2.24, 2.45) is 0 Å². The number of ether oxygens (including phenoxy) is 2. The predicted molar refractivity (Wildman–Crippen MR) is 48.4 cm³/mol. The van der Waals surface area contributed by atoms with Crippen LogP contribution in [0.2, 0.25) is 0 Å². The number of carbonyl (C=O) groups excluding carboxylic acids is 2. The molecule has 1 saturated heterocycles. The van der Waals surface area contributed by atoms with Crippen LogP contribution in [0.3, 0.4) is 0 Å². The molecular formula is C8H12O4S. The molecule has 0 spiro atoms. The molecule has 0 aromatic heterocycles. The summed E-state index contributed by atoms with van der Waals surface area (Å²) in [7, 11) is 0. The molecule has 0 aromatic carbocycles. The van der Waals surface area contributed by atoms with Crippen molar-refractivity contribution in [3.8, 4) is 0 Å². The van der Waals surface area contributed by atoms with Gasteiger partial charge in [-0.2, -0.15) is 11.8 Å². The molecule has 1 aliphatic rings. The summed E-state index contributed by atoms with van der Waals surface area (Å²) < 4.78 is 9.67. The van der Waals surface area contributed by atoms with Crippen LogP contribution >= 0.6 is 11.8 Å². The first-order valence-electron chi connectivity index (χ1n) is 4.05. The van der Waals surface area contributed by atoms with Gasteiger partial charge in [-0.3, -0.25) is 0 Å². The molecule has 0 bridgehead atoms. The first kappa shape index (κ1) is 10.4. The van der Waals surface area contributed by atoms with Crippen molar-refractivity contribution < 1.29 is 19.1 Å². The fourth-order valence-corrected chi connectivity index (χ4v) is 1.43. The van der Waals surface area contributed by atoms with Gasteiger partial charge in [-0.05, 0) is 18.9 Å².